The summed E-state index contributed by atoms with van der Waals surface area (Å²) in [5.74, 6) is 4.55. The second-order valence-corrected chi connectivity index (χ2v) is 11.9. The molecular formula is C9H18S7. The molecule has 7 heteroatoms. The molecule has 2 atom stereocenters. The van der Waals surface area contributed by atoms with Gasteiger partial charge in [-0.2, -0.15) is 25.3 Å². The van der Waals surface area contributed by atoms with Crippen LogP contribution in [-0.2, 0) is 0 Å². The van der Waals surface area contributed by atoms with Gasteiger partial charge in [-0.3, -0.25) is 0 Å². The van der Waals surface area contributed by atoms with E-state index < -0.39 is 0 Å². The quantitative estimate of drug-likeness (QED) is 0.474. The summed E-state index contributed by atoms with van der Waals surface area (Å²) < 4.78 is 1.49. The molecule has 16 heavy (non-hydrogen) atoms. The predicted molar refractivity (Wildman–Crippen MR) is 97.1 cm³/mol. The van der Waals surface area contributed by atoms with Crippen LogP contribution in [0.25, 0.3) is 0 Å². The number of hydrogen-bond acceptors (Lipinski definition) is 7. The van der Waals surface area contributed by atoms with E-state index in [1.807, 2.05) is 0 Å². The first-order chi connectivity index (χ1) is 7.86. The van der Waals surface area contributed by atoms with Crippen LogP contribution in [-0.4, -0.2) is 35.9 Å². The van der Waals surface area contributed by atoms with Crippen molar-refractivity contribution in [2.45, 2.75) is 20.7 Å². The van der Waals surface area contributed by atoms with Crippen LogP contribution in [0.2, 0.25) is 0 Å². The lowest BCUT2D eigenvalue weighted by atomic mass is 10.6. The van der Waals surface area contributed by atoms with Gasteiger partial charge in [0.05, 0.1) is 7.83 Å². The molecule has 1 aliphatic rings. The normalized spacial score (nSPS) is 25.9. The first-order valence-electron chi connectivity index (χ1n) is 5.20. The van der Waals surface area contributed by atoms with Crippen LogP contribution in [0.15, 0.2) is 0 Å². The van der Waals surface area contributed by atoms with Gasteiger partial charge in [-0.15, -0.1) is 58.8 Å². The predicted octanol–water partition coefficient (Wildman–Crippen LogP) is 4.83. The number of thioether (sulfide) groups is 5. The summed E-state index contributed by atoms with van der Waals surface area (Å²) in [4.78, 5) is 0. The van der Waals surface area contributed by atoms with Crippen molar-refractivity contribution in [2.24, 2.45) is 0 Å². The second-order valence-electron chi connectivity index (χ2n) is 3.06. The molecule has 96 valence electrons. The molecule has 1 fully saturated rings. The summed E-state index contributed by atoms with van der Waals surface area (Å²) in [5, 5.41) is 1.25. The summed E-state index contributed by atoms with van der Waals surface area (Å²) in [5.41, 5.74) is 0. The lowest BCUT2D eigenvalue weighted by Gasteiger charge is -2.27. The van der Waals surface area contributed by atoms with E-state index in [4.69, 9.17) is 0 Å². The molecule has 0 spiro atoms. The fourth-order valence-corrected chi connectivity index (χ4v) is 11.5. The Labute approximate surface area is 132 Å². The lowest BCUT2D eigenvalue weighted by Crippen LogP contribution is -2.07. The smallest absolute Gasteiger partial charge is 0.0983 e. The van der Waals surface area contributed by atoms with Crippen LogP contribution in [0.5, 0.6) is 0 Å². The molecule has 1 aliphatic heterocycles. The van der Waals surface area contributed by atoms with Crippen molar-refractivity contribution >= 4 is 84.1 Å². The van der Waals surface area contributed by atoms with Gasteiger partial charge in [-0.1, -0.05) is 0 Å². The van der Waals surface area contributed by atoms with E-state index in [9.17, 15) is 0 Å². The Hall–Kier alpha value is 2.45. The van der Waals surface area contributed by atoms with E-state index in [-0.39, 0.29) is 0 Å². The SMILES string of the molecule is SCCCSC1SCSC(SCCCS)S1. The molecule has 1 heterocycles. The van der Waals surface area contributed by atoms with Crippen molar-refractivity contribution in [1.29, 1.82) is 0 Å². The third-order valence-electron chi connectivity index (χ3n) is 1.74. The van der Waals surface area contributed by atoms with Gasteiger partial charge in [0.25, 0.3) is 0 Å². The van der Waals surface area contributed by atoms with Gasteiger partial charge < -0.3 is 0 Å². The van der Waals surface area contributed by atoms with Gasteiger partial charge in [0.1, 0.15) is 0 Å². The molecule has 0 amide bonds. The van der Waals surface area contributed by atoms with Gasteiger partial charge >= 0.3 is 0 Å². The zero-order valence-corrected chi connectivity index (χ0v) is 14.9. The standard InChI is InChI=1S/C9H18S7/c10-3-1-5-12-8-14-7-15-9(16-8)13-6-2-4-11/h8-11H,1-7H2. The van der Waals surface area contributed by atoms with Crippen molar-refractivity contribution < 1.29 is 0 Å². The molecule has 2 unspecified atom stereocenters. The van der Waals surface area contributed by atoms with Crippen LogP contribution < -0.4 is 0 Å². The van der Waals surface area contributed by atoms with Crippen molar-refractivity contribution in [1.82, 2.24) is 0 Å². The Balaban J connectivity index is 2.09. The average molecular weight is 351 g/mol. The molecule has 0 N–H and O–H groups in total. The number of rotatable bonds is 8. The maximum atomic E-state index is 4.25. The second kappa shape index (κ2) is 11.3. The molecule has 0 nitrogen and oxygen atoms in total. The lowest BCUT2D eigenvalue weighted by molar-refractivity contribution is 1.13. The highest BCUT2D eigenvalue weighted by atomic mass is 32.3. The minimum atomic E-state index is 0.745. The van der Waals surface area contributed by atoms with Gasteiger partial charge in [0, 0.05) is 5.08 Å². The first kappa shape index (κ1) is 16.5. The molecule has 1 rings (SSSR count). The Bertz CT molecular complexity index is 150. The monoisotopic (exact) mass is 350 g/mol. The molecular weight excluding hydrogens is 333 g/mol. The number of thiol groups is 2. The molecule has 0 aromatic rings. The molecule has 0 aliphatic carbocycles. The van der Waals surface area contributed by atoms with Crippen LogP contribution >= 0.6 is 84.1 Å². The zero-order chi connectivity index (χ0) is 11.6. The van der Waals surface area contributed by atoms with Crippen molar-refractivity contribution in [2.75, 3.05) is 28.1 Å². The largest absolute Gasteiger partial charge is 0.179 e. The van der Waals surface area contributed by atoms with Crippen LogP contribution in [0.4, 0.5) is 0 Å². The Morgan fingerprint density at radius 1 is 0.938 bits per heavy atom. The molecule has 0 bridgehead atoms. The van der Waals surface area contributed by atoms with Crippen LogP contribution in [0.3, 0.4) is 0 Å². The van der Waals surface area contributed by atoms with E-state index in [1.165, 1.54) is 29.4 Å². The Kier molecular flexibility index (Phi) is 11.6. The third-order valence-corrected chi connectivity index (χ3v) is 10.6. The van der Waals surface area contributed by atoms with Gasteiger partial charge in [-0.05, 0) is 35.9 Å². The maximum absolute atomic E-state index is 4.25. The number of hydrogen-bond donors (Lipinski definition) is 2. The summed E-state index contributed by atoms with van der Waals surface area (Å²) in [7, 11) is 0. The fraction of sp³-hybridized carbons (Fsp3) is 1.00. The highest BCUT2D eigenvalue weighted by Crippen LogP contribution is 2.50. The highest BCUT2D eigenvalue weighted by Gasteiger charge is 2.23. The Morgan fingerprint density at radius 3 is 1.88 bits per heavy atom. The van der Waals surface area contributed by atoms with E-state index in [1.54, 1.807) is 0 Å². The van der Waals surface area contributed by atoms with Gasteiger partial charge in [0.15, 0.2) is 0 Å². The van der Waals surface area contributed by atoms with E-state index in [2.05, 4.69) is 84.1 Å². The molecule has 0 saturated carbocycles. The summed E-state index contributed by atoms with van der Waals surface area (Å²) in [6, 6.07) is 0. The maximum Gasteiger partial charge on any atom is 0.0983 e. The van der Waals surface area contributed by atoms with E-state index in [0.29, 0.717) is 0 Å². The Morgan fingerprint density at radius 2 is 1.44 bits per heavy atom. The summed E-state index contributed by atoms with van der Waals surface area (Å²) in [6.07, 6.45) is 2.46. The van der Waals surface area contributed by atoms with Crippen molar-refractivity contribution in [3.8, 4) is 0 Å². The topological polar surface area (TPSA) is 0 Å². The molecule has 0 radical (unpaired) electrons. The minimum absolute atomic E-state index is 0.745. The summed E-state index contributed by atoms with van der Waals surface area (Å²) in [6.45, 7) is 0. The fourth-order valence-electron chi connectivity index (χ4n) is 0.983. The zero-order valence-electron chi connectivity index (χ0n) is 9.04. The molecule has 0 aromatic carbocycles. The average Bonchev–Trinajstić information content (AvgIpc) is 2.30. The molecule has 1 saturated heterocycles. The van der Waals surface area contributed by atoms with E-state index >= 15 is 0 Å². The minimum Gasteiger partial charge on any atom is -0.179 e. The molecule has 0 aromatic heterocycles. The van der Waals surface area contributed by atoms with Crippen molar-refractivity contribution in [3.63, 3.8) is 0 Å². The highest BCUT2D eigenvalue weighted by molar-refractivity contribution is 8.46. The van der Waals surface area contributed by atoms with Crippen LogP contribution in [0.1, 0.15) is 12.8 Å². The van der Waals surface area contributed by atoms with E-state index in [0.717, 1.165) is 19.3 Å². The first-order valence-corrected chi connectivity index (χ1v) is 11.6. The summed E-state index contributed by atoms with van der Waals surface area (Å²) >= 11 is 19.0. The van der Waals surface area contributed by atoms with Gasteiger partial charge in [-0.25, -0.2) is 0 Å². The van der Waals surface area contributed by atoms with Crippen LogP contribution in [0, 0.1) is 0 Å². The van der Waals surface area contributed by atoms with Crippen molar-refractivity contribution in [3.05, 3.63) is 0 Å². The van der Waals surface area contributed by atoms with Gasteiger partial charge in [0.2, 0.25) is 0 Å². The third kappa shape index (κ3) is 7.79.